The summed E-state index contributed by atoms with van der Waals surface area (Å²) in [5.74, 6) is 0. The first-order valence-corrected chi connectivity index (χ1v) is 5.07. The van der Waals surface area contributed by atoms with E-state index in [-0.39, 0.29) is 5.56 Å². The van der Waals surface area contributed by atoms with Gasteiger partial charge < -0.3 is 0 Å². The molecule has 0 bridgehead atoms. The number of benzene rings is 1. The largest absolute Gasteiger partial charge is 0.435 e. The molecule has 1 aromatic carbocycles. The van der Waals surface area contributed by atoms with E-state index in [0.29, 0.717) is 11.3 Å². The number of rotatable bonds is 1. The maximum absolute atomic E-state index is 12.9. The van der Waals surface area contributed by atoms with Crippen LogP contribution in [0.2, 0.25) is 0 Å². The maximum Gasteiger partial charge on any atom is 0.435 e. The molecule has 0 aliphatic carbocycles. The summed E-state index contributed by atoms with van der Waals surface area (Å²) >= 11 is 0. The highest BCUT2D eigenvalue weighted by Gasteiger charge is 2.38. The van der Waals surface area contributed by atoms with Crippen molar-refractivity contribution in [3.8, 4) is 11.1 Å². The predicted molar refractivity (Wildman–Crippen MR) is 58.4 cm³/mol. The van der Waals surface area contributed by atoms with Gasteiger partial charge in [-0.05, 0) is 12.5 Å². The van der Waals surface area contributed by atoms with Crippen molar-refractivity contribution in [3.05, 3.63) is 41.7 Å². The molecular formula is C12H11F3N2. The molecule has 2 rings (SSSR count). The first-order valence-electron chi connectivity index (χ1n) is 5.07. The zero-order valence-electron chi connectivity index (χ0n) is 9.42. The van der Waals surface area contributed by atoms with E-state index in [1.807, 2.05) is 0 Å². The number of aryl methyl sites for hydroxylation is 1. The van der Waals surface area contributed by atoms with Gasteiger partial charge in [0.05, 0.1) is 0 Å². The highest BCUT2D eigenvalue weighted by Crippen LogP contribution is 2.37. The minimum absolute atomic E-state index is 0.153. The smallest absolute Gasteiger partial charge is 0.272 e. The van der Waals surface area contributed by atoms with Gasteiger partial charge in [0.25, 0.3) is 0 Å². The Kier molecular flexibility index (Phi) is 2.69. The lowest BCUT2D eigenvalue weighted by Gasteiger charge is -2.06. The molecule has 0 saturated heterocycles. The van der Waals surface area contributed by atoms with Gasteiger partial charge in [0, 0.05) is 18.3 Å². The van der Waals surface area contributed by atoms with E-state index < -0.39 is 11.9 Å². The third kappa shape index (κ3) is 2.05. The van der Waals surface area contributed by atoms with Gasteiger partial charge in [-0.15, -0.1) is 0 Å². The number of hydrogen-bond acceptors (Lipinski definition) is 1. The molecule has 90 valence electrons. The van der Waals surface area contributed by atoms with Crippen LogP contribution in [0.1, 0.15) is 11.4 Å². The second-order valence-electron chi connectivity index (χ2n) is 3.80. The third-order valence-corrected chi connectivity index (χ3v) is 2.66. The number of nitrogens with zero attached hydrogens (tertiary/aromatic N) is 2. The average molecular weight is 240 g/mol. The molecule has 5 heteroatoms. The molecule has 0 spiro atoms. The average Bonchev–Trinajstić information content (AvgIpc) is 2.57. The molecule has 0 radical (unpaired) electrons. The van der Waals surface area contributed by atoms with Gasteiger partial charge in [-0.1, -0.05) is 30.3 Å². The van der Waals surface area contributed by atoms with E-state index in [2.05, 4.69) is 5.10 Å². The Hall–Kier alpha value is -1.78. The van der Waals surface area contributed by atoms with Crippen molar-refractivity contribution in [2.24, 2.45) is 7.05 Å². The Morgan fingerprint density at radius 1 is 1.12 bits per heavy atom. The standard InChI is InChI=1S/C12H11F3N2/c1-8-10(9-6-4-3-5-7-9)11(12(13,14)15)16-17(8)2/h3-7H,1-2H3. The molecule has 0 aliphatic heterocycles. The molecule has 2 nitrogen and oxygen atoms in total. The number of hydrogen-bond donors (Lipinski definition) is 0. The molecule has 0 aliphatic rings. The summed E-state index contributed by atoms with van der Waals surface area (Å²) in [4.78, 5) is 0. The van der Waals surface area contributed by atoms with E-state index >= 15 is 0 Å². The summed E-state index contributed by atoms with van der Waals surface area (Å²) in [5, 5.41) is 3.55. The lowest BCUT2D eigenvalue weighted by atomic mass is 10.0. The Morgan fingerprint density at radius 2 is 1.71 bits per heavy atom. The SMILES string of the molecule is Cc1c(-c2ccccc2)c(C(F)(F)F)nn1C. The number of alkyl halides is 3. The van der Waals surface area contributed by atoms with Gasteiger partial charge in [0.15, 0.2) is 5.69 Å². The van der Waals surface area contributed by atoms with Crippen LogP contribution >= 0.6 is 0 Å². The Morgan fingerprint density at radius 3 is 2.24 bits per heavy atom. The van der Waals surface area contributed by atoms with Gasteiger partial charge in [0.2, 0.25) is 0 Å². The fourth-order valence-electron chi connectivity index (χ4n) is 1.76. The molecule has 0 atom stereocenters. The molecule has 17 heavy (non-hydrogen) atoms. The fourth-order valence-corrected chi connectivity index (χ4v) is 1.76. The van der Waals surface area contributed by atoms with Crippen molar-refractivity contribution in [3.63, 3.8) is 0 Å². The summed E-state index contributed by atoms with van der Waals surface area (Å²) < 4.78 is 39.8. The van der Waals surface area contributed by atoms with Crippen molar-refractivity contribution in [2.45, 2.75) is 13.1 Å². The summed E-state index contributed by atoms with van der Waals surface area (Å²) in [6.45, 7) is 1.63. The lowest BCUT2D eigenvalue weighted by Crippen LogP contribution is -2.08. The van der Waals surface area contributed by atoms with Crippen LogP contribution in [0, 0.1) is 6.92 Å². The van der Waals surface area contributed by atoms with Gasteiger partial charge in [0.1, 0.15) is 0 Å². The van der Waals surface area contributed by atoms with Gasteiger partial charge >= 0.3 is 6.18 Å². The normalized spacial score (nSPS) is 11.8. The van der Waals surface area contributed by atoms with E-state index in [4.69, 9.17) is 0 Å². The monoisotopic (exact) mass is 240 g/mol. The Balaban J connectivity index is 2.69. The van der Waals surface area contributed by atoms with Crippen LogP contribution in [0.15, 0.2) is 30.3 Å². The zero-order valence-corrected chi connectivity index (χ0v) is 9.42. The Labute approximate surface area is 96.7 Å². The highest BCUT2D eigenvalue weighted by atomic mass is 19.4. The van der Waals surface area contributed by atoms with E-state index in [1.54, 1.807) is 37.3 Å². The fraction of sp³-hybridized carbons (Fsp3) is 0.250. The van der Waals surface area contributed by atoms with Crippen molar-refractivity contribution in [2.75, 3.05) is 0 Å². The predicted octanol–water partition coefficient (Wildman–Crippen LogP) is 3.41. The van der Waals surface area contributed by atoms with E-state index in [1.165, 1.54) is 11.7 Å². The molecule has 1 heterocycles. The summed E-state index contributed by atoms with van der Waals surface area (Å²) in [7, 11) is 1.51. The lowest BCUT2D eigenvalue weighted by molar-refractivity contribution is -0.140. The minimum Gasteiger partial charge on any atom is -0.272 e. The quantitative estimate of drug-likeness (QED) is 0.746. The molecule has 0 unspecified atom stereocenters. The van der Waals surface area contributed by atoms with Crippen LogP contribution in [-0.2, 0) is 13.2 Å². The van der Waals surface area contributed by atoms with Crippen LogP contribution in [0.25, 0.3) is 11.1 Å². The van der Waals surface area contributed by atoms with Crippen LogP contribution in [0.4, 0.5) is 13.2 Å². The van der Waals surface area contributed by atoms with Crippen LogP contribution in [0.3, 0.4) is 0 Å². The molecule has 0 N–H and O–H groups in total. The summed E-state index contributed by atoms with van der Waals surface area (Å²) in [6, 6.07) is 8.49. The molecule has 2 aromatic rings. The van der Waals surface area contributed by atoms with Crippen molar-refractivity contribution in [1.29, 1.82) is 0 Å². The summed E-state index contributed by atoms with van der Waals surface area (Å²) in [5.41, 5.74) is 0.359. The van der Waals surface area contributed by atoms with E-state index in [0.717, 1.165) is 0 Å². The maximum atomic E-state index is 12.9. The highest BCUT2D eigenvalue weighted by molar-refractivity contribution is 5.69. The van der Waals surface area contributed by atoms with Crippen LogP contribution in [-0.4, -0.2) is 9.78 Å². The second-order valence-corrected chi connectivity index (χ2v) is 3.80. The molecule has 0 fully saturated rings. The number of aromatic nitrogens is 2. The zero-order chi connectivity index (χ0) is 12.6. The third-order valence-electron chi connectivity index (χ3n) is 2.66. The van der Waals surface area contributed by atoms with E-state index in [9.17, 15) is 13.2 Å². The van der Waals surface area contributed by atoms with Crippen LogP contribution < -0.4 is 0 Å². The molecule has 0 amide bonds. The molecule has 0 saturated carbocycles. The van der Waals surface area contributed by atoms with Gasteiger partial charge in [-0.2, -0.15) is 18.3 Å². The minimum atomic E-state index is -4.43. The second kappa shape index (κ2) is 3.91. The van der Waals surface area contributed by atoms with Gasteiger partial charge in [-0.3, -0.25) is 4.68 Å². The molecular weight excluding hydrogens is 229 g/mol. The first-order chi connectivity index (χ1) is 7.91. The summed E-state index contributed by atoms with van der Waals surface area (Å²) in [6.07, 6.45) is -4.43. The molecule has 1 aromatic heterocycles. The van der Waals surface area contributed by atoms with Crippen molar-refractivity contribution >= 4 is 0 Å². The number of halogens is 3. The van der Waals surface area contributed by atoms with Crippen molar-refractivity contribution in [1.82, 2.24) is 9.78 Å². The topological polar surface area (TPSA) is 17.8 Å². The van der Waals surface area contributed by atoms with Gasteiger partial charge in [-0.25, -0.2) is 0 Å². The van der Waals surface area contributed by atoms with Crippen LogP contribution in [0.5, 0.6) is 0 Å². The van der Waals surface area contributed by atoms with Crippen molar-refractivity contribution < 1.29 is 13.2 Å². The Bertz CT molecular complexity index is 527. The first kappa shape index (κ1) is 11.7.